The summed E-state index contributed by atoms with van der Waals surface area (Å²) in [7, 11) is 0. The Morgan fingerprint density at radius 1 is 1.00 bits per heavy atom. The molecule has 0 saturated carbocycles. The fourth-order valence-electron chi connectivity index (χ4n) is 6.74. The molecule has 0 radical (unpaired) electrons. The van der Waals surface area contributed by atoms with Gasteiger partial charge < -0.3 is 10.3 Å². The zero-order valence-corrected chi connectivity index (χ0v) is 23.9. The number of fused-ring (bicyclic) bond motifs is 4. The van der Waals surface area contributed by atoms with Gasteiger partial charge in [0.05, 0.1) is 11.3 Å². The molecule has 1 aliphatic carbocycles. The first-order valence-corrected chi connectivity index (χ1v) is 15.0. The van der Waals surface area contributed by atoms with Gasteiger partial charge in [0.1, 0.15) is 12.1 Å². The van der Waals surface area contributed by atoms with E-state index in [9.17, 15) is 14.4 Å². The van der Waals surface area contributed by atoms with Crippen molar-refractivity contribution in [1.29, 1.82) is 0 Å². The van der Waals surface area contributed by atoms with E-state index in [1.54, 1.807) is 35.2 Å². The topological polar surface area (TPSA) is 85.5 Å². The van der Waals surface area contributed by atoms with Crippen LogP contribution < -0.4 is 10.2 Å². The molecule has 8 heteroatoms. The zero-order valence-electron chi connectivity index (χ0n) is 23.1. The first-order valence-electron chi connectivity index (χ1n) is 14.6. The third-order valence-electron chi connectivity index (χ3n) is 8.72. The lowest BCUT2D eigenvalue weighted by molar-refractivity contribution is -0.120. The molecule has 1 aromatic heterocycles. The molecule has 2 N–H and O–H groups in total. The highest BCUT2D eigenvalue weighted by molar-refractivity contribution is 6.30. The van der Waals surface area contributed by atoms with E-state index in [0.717, 1.165) is 47.0 Å². The number of halogens is 1. The first kappa shape index (κ1) is 26.5. The molecule has 3 aliphatic rings. The van der Waals surface area contributed by atoms with E-state index in [-0.39, 0.29) is 11.8 Å². The summed E-state index contributed by atoms with van der Waals surface area (Å²) in [5.74, 6) is -0.634. The number of allylic oxidation sites excluding steroid dienone is 1. The van der Waals surface area contributed by atoms with Gasteiger partial charge in [0.25, 0.3) is 11.8 Å². The first-order chi connectivity index (χ1) is 20.5. The number of hydrogen-bond donors (Lipinski definition) is 2. The van der Waals surface area contributed by atoms with Crippen molar-refractivity contribution < 1.29 is 14.4 Å². The maximum Gasteiger partial charge on any atom is 0.332 e. The Labute approximate surface area is 249 Å². The summed E-state index contributed by atoms with van der Waals surface area (Å²) in [6.45, 7) is 0.508. The second kappa shape index (κ2) is 10.8. The number of benzene rings is 3. The molecular weight excluding hydrogens is 548 g/mol. The van der Waals surface area contributed by atoms with Crippen molar-refractivity contribution in [1.82, 2.24) is 15.2 Å². The van der Waals surface area contributed by atoms with Gasteiger partial charge in [0.2, 0.25) is 0 Å². The highest BCUT2D eigenvalue weighted by atomic mass is 35.5. The normalized spacial score (nSPS) is 20.0. The van der Waals surface area contributed by atoms with E-state index in [0.29, 0.717) is 29.2 Å². The van der Waals surface area contributed by atoms with Crippen LogP contribution in [-0.4, -0.2) is 40.3 Å². The van der Waals surface area contributed by atoms with Crippen LogP contribution in [0.3, 0.4) is 0 Å². The molecule has 1 fully saturated rings. The number of aromatic amines is 1. The van der Waals surface area contributed by atoms with Crippen LogP contribution >= 0.6 is 11.6 Å². The van der Waals surface area contributed by atoms with Crippen LogP contribution in [0.1, 0.15) is 65.3 Å². The van der Waals surface area contributed by atoms with Crippen LogP contribution in [0, 0.1) is 0 Å². The molecule has 4 aromatic rings. The number of aromatic nitrogens is 1. The summed E-state index contributed by atoms with van der Waals surface area (Å²) in [6, 6.07) is 20.5. The van der Waals surface area contributed by atoms with E-state index in [2.05, 4.69) is 16.4 Å². The van der Waals surface area contributed by atoms with Crippen molar-refractivity contribution in [3.8, 4) is 0 Å². The SMILES string of the molecule is O=C(NCCC1=CCCCC1)c1ccccc1N1C(=O)[C@@H]2Cc3c([nH]c4ccccc34)[C@@H](c3cccc(Cl)c3)N2C1=O. The van der Waals surface area contributed by atoms with Crippen LogP contribution in [-0.2, 0) is 11.2 Å². The highest BCUT2D eigenvalue weighted by Crippen LogP contribution is 2.45. The second-order valence-electron chi connectivity index (χ2n) is 11.2. The third-order valence-corrected chi connectivity index (χ3v) is 8.95. The maximum absolute atomic E-state index is 14.3. The van der Waals surface area contributed by atoms with Crippen LogP contribution in [0.4, 0.5) is 10.5 Å². The zero-order chi connectivity index (χ0) is 28.8. The molecule has 3 aromatic carbocycles. The van der Waals surface area contributed by atoms with Crippen molar-refractivity contribution in [3.63, 3.8) is 0 Å². The number of para-hydroxylation sites is 2. The van der Waals surface area contributed by atoms with Gasteiger partial charge in [-0.25, -0.2) is 9.69 Å². The van der Waals surface area contributed by atoms with Crippen molar-refractivity contribution in [2.45, 2.75) is 50.6 Å². The average molecular weight is 579 g/mol. The number of nitrogens with one attached hydrogen (secondary N) is 2. The number of imide groups is 1. The van der Waals surface area contributed by atoms with Gasteiger partial charge in [-0.1, -0.05) is 65.7 Å². The van der Waals surface area contributed by atoms with Crippen LogP contribution in [0.2, 0.25) is 5.02 Å². The van der Waals surface area contributed by atoms with Gasteiger partial charge >= 0.3 is 6.03 Å². The monoisotopic (exact) mass is 578 g/mol. The molecule has 7 rings (SSSR count). The van der Waals surface area contributed by atoms with E-state index >= 15 is 0 Å². The van der Waals surface area contributed by atoms with Gasteiger partial charge in [-0.05, 0) is 73.6 Å². The highest BCUT2D eigenvalue weighted by Gasteiger charge is 2.53. The van der Waals surface area contributed by atoms with E-state index in [1.165, 1.54) is 23.3 Å². The molecule has 7 nitrogen and oxygen atoms in total. The van der Waals surface area contributed by atoms with Gasteiger partial charge in [0, 0.05) is 34.6 Å². The van der Waals surface area contributed by atoms with Gasteiger partial charge in [0.15, 0.2) is 0 Å². The molecule has 0 spiro atoms. The third kappa shape index (κ3) is 4.49. The lowest BCUT2D eigenvalue weighted by atomic mass is 9.89. The molecule has 2 atom stereocenters. The Kier molecular flexibility index (Phi) is 6.82. The van der Waals surface area contributed by atoms with E-state index in [1.807, 2.05) is 42.5 Å². The smallest absolute Gasteiger partial charge is 0.332 e. The number of anilines is 1. The minimum Gasteiger partial charge on any atom is -0.356 e. The van der Waals surface area contributed by atoms with Crippen LogP contribution in [0.5, 0.6) is 0 Å². The summed E-state index contributed by atoms with van der Waals surface area (Å²) < 4.78 is 0. The van der Waals surface area contributed by atoms with Crippen molar-refractivity contribution in [2.75, 3.05) is 11.4 Å². The molecule has 42 heavy (non-hydrogen) atoms. The summed E-state index contributed by atoms with van der Waals surface area (Å²) in [6.07, 6.45) is 8.03. The molecule has 0 unspecified atom stereocenters. The predicted octanol–water partition coefficient (Wildman–Crippen LogP) is 6.92. The molecule has 3 heterocycles. The van der Waals surface area contributed by atoms with Gasteiger partial charge in [-0.2, -0.15) is 0 Å². The number of H-pyrrole nitrogens is 1. The number of amides is 4. The molecule has 1 saturated heterocycles. The fourth-order valence-corrected chi connectivity index (χ4v) is 6.94. The average Bonchev–Trinajstić information content (AvgIpc) is 3.50. The number of carbonyl (C=O) groups excluding carboxylic acids is 3. The standard InChI is InChI=1S/C34H31ClN4O3/c35-23-12-8-11-22(19-23)31-30-26(24-13-4-6-15-27(24)37-30)20-29-33(41)39(34(42)38(29)31)28-16-7-5-14-25(28)32(40)36-18-17-21-9-2-1-3-10-21/h4-9,11-16,19,29,31,37H,1-3,10,17-18,20H2,(H,36,40)/t29-,31+/m0/s1. The Hall–Kier alpha value is -4.36. The lowest BCUT2D eigenvalue weighted by Crippen LogP contribution is -2.44. The summed E-state index contributed by atoms with van der Waals surface area (Å²) in [4.78, 5) is 48.2. The van der Waals surface area contributed by atoms with Crippen LogP contribution in [0.15, 0.2) is 84.4 Å². The molecule has 4 amide bonds. The quantitative estimate of drug-likeness (QED) is 0.192. The summed E-state index contributed by atoms with van der Waals surface area (Å²) in [5, 5.41) is 4.59. The largest absolute Gasteiger partial charge is 0.356 e. The van der Waals surface area contributed by atoms with Gasteiger partial charge in [-0.15, -0.1) is 0 Å². The second-order valence-corrected chi connectivity index (χ2v) is 11.7. The van der Waals surface area contributed by atoms with E-state index < -0.39 is 18.1 Å². The summed E-state index contributed by atoms with van der Waals surface area (Å²) in [5.41, 5.74) is 5.64. The number of rotatable bonds is 6. The fraction of sp³-hybridized carbons (Fsp3) is 0.265. The van der Waals surface area contributed by atoms with Crippen LogP contribution in [0.25, 0.3) is 10.9 Å². The van der Waals surface area contributed by atoms with Crippen molar-refractivity contribution >= 4 is 46.0 Å². The van der Waals surface area contributed by atoms with Crippen molar-refractivity contribution in [3.05, 3.63) is 112 Å². The molecule has 0 bridgehead atoms. The number of urea groups is 1. The van der Waals surface area contributed by atoms with E-state index in [4.69, 9.17) is 11.6 Å². The Morgan fingerprint density at radius 2 is 1.83 bits per heavy atom. The maximum atomic E-state index is 14.3. The summed E-state index contributed by atoms with van der Waals surface area (Å²) >= 11 is 6.41. The molecular formula is C34H31ClN4O3. The Balaban J connectivity index is 1.24. The number of nitrogens with zero attached hydrogens (tertiary/aromatic N) is 2. The number of hydrogen-bond acceptors (Lipinski definition) is 3. The van der Waals surface area contributed by atoms with Crippen molar-refractivity contribution in [2.24, 2.45) is 0 Å². The Morgan fingerprint density at radius 3 is 2.67 bits per heavy atom. The number of carbonyl (C=O) groups is 3. The molecule has 212 valence electrons. The predicted molar refractivity (Wildman–Crippen MR) is 164 cm³/mol. The Bertz CT molecular complexity index is 1760. The van der Waals surface area contributed by atoms with Gasteiger partial charge in [-0.3, -0.25) is 14.5 Å². The molecule has 2 aliphatic heterocycles. The lowest BCUT2D eigenvalue weighted by Gasteiger charge is -2.36. The minimum atomic E-state index is -0.720. The minimum absolute atomic E-state index is 0.296.